The van der Waals surface area contributed by atoms with Gasteiger partial charge in [-0.1, -0.05) is 31.2 Å². The Hall–Kier alpha value is -1.59. The van der Waals surface area contributed by atoms with Crippen LogP contribution in [0.5, 0.6) is 0 Å². The Morgan fingerprint density at radius 2 is 1.75 bits per heavy atom. The molecule has 0 aliphatic carbocycles. The fourth-order valence-corrected chi connectivity index (χ4v) is 3.01. The van der Waals surface area contributed by atoms with Gasteiger partial charge in [-0.2, -0.15) is 0 Å². The molecule has 2 rings (SSSR count). The summed E-state index contributed by atoms with van der Waals surface area (Å²) in [7, 11) is 0. The highest BCUT2D eigenvalue weighted by Gasteiger charge is 2.28. The lowest BCUT2D eigenvalue weighted by Crippen LogP contribution is -2.51. The summed E-state index contributed by atoms with van der Waals surface area (Å²) >= 11 is 0. The van der Waals surface area contributed by atoms with Crippen molar-refractivity contribution < 1.29 is 9.53 Å². The number of hydrogen-bond acceptors (Lipinski definition) is 4. The van der Waals surface area contributed by atoms with Crippen LogP contribution in [-0.2, 0) is 11.2 Å². The van der Waals surface area contributed by atoms with Crippen LogP contribution in [-0.4, -0.2) is 54.2 Å². The first-order valence-corrected chi connectivity index (χ1v) is 8.85. The molecule has 1 aromatic rings. The minimum Gasteiger partial charge on any atom is -0.444 e. The van der Waals surface area contributed by atoms with E-state index in [2.05, 4.69) is 36.1 Å². The van der Waals surface area contributed by atoms with Gasteiger partial charge < -0.3 is 15.4 Å². The molecular formula is C19H31N3O2. The monoisotopic (exact) mass is 333 g/mol. The van der Waals surface area contributed by atoms with E-state index in [1.165, 1.54) is 11.1 Å². The summed E-state index contributed by atoms with van der Waals surface area (Å²) in [5.74, 6) is 0. The lowest BCUT2D eigenvalue weighted by molar-refractivity contribution is 0.0106. The highest BCUT2D eigenvalue weighted by atomic mass is 16.6. The third-order valence-electron chi connectivity index (χ3n) is 4.40. The summed E-state index contributed by atoms with van der Waals surface area (Å²) in [5, 5.41) is 0. The Kier molecular flexibility index (Phi) is 6.24. The zero-order valence-corrected chi connectivity index (χ0v) is 15.4. The van der Waals surface area contributed by atoms with Gasteiger partial charge in [0, 0.05) is 38.8 Å². The predicted octanol–water partition coefficient (Wildman–Crippen LogP) is 2.80. The number of ether oxygens (including phenoxy) is 1. The van der Waals surface area contributed by atoms with Crippen molar-refractivity contribution in [2.24, 2.45) is 5.73 Å². The van der Waals surface area contributed by atoms with Gasteiger partial charge in [-0.25, -0.2) is 4.79 Å². The molecule has 0 aromatic heterocycles. The first-order chi connectivity index (χ1) is 11.3. The van der Waals surface area contributed by atoms with Crippen LogP contribution in [0, 0.1) is 0 Å². The van der Waals surface area contributed by atoms with Gasteiger partial charge in [-0.3, -0.25) is 4.90 Å². The molecule has 1 aliphatic rings. The molecule has 0 spiro atoms. The SMILES string of the molecule is CCc1ccc(C(CN)N2CCN(C(=O)OC(C)(C)C)CC2)cc1. The number of benzene rings is 1. The molecule has 1 atom stereocenters. The minimum absolute atomic E-state index is 0.205. The molecular weight excluding hydrogens is 302 g/mol. The topological polar surface area (TPSA) is 58.8 Å². The Bertz CT molecular complexity index is 529. The zero-order chi connectivity index (χ0) is 17.7. The van der Waals surface area contributed by atoms with Crippen LogP contribution in [0.25, 0.3) is 0 Å². The third kappa shape index (κ3) is 4.95. The summed E-state index contributed by atoms with van der Waals surface area (Å²) in [6, 6.07) is 8.91. The maximum atomic E-state index is 12.2. The van der Waals surface area contributed by atoms with E-state index >= 15 is 0 Å². The number of carbonyl (C=O) groups excluding carboxylic acids is 1. The van der Waals surface area contributed by atoms with Crippen molar-refractivity contribution >= 4 is 6.09 Å². The highest BCUT2D eigenvalue weighted by molar-refractivity contribution is 5.68. The normalized spacial score (nSPS) is 17.6. The van der Waals surface area contributed by atoms with Gasteiger partial charge in [-0.05, 0) is 38.3 Å². The van der Waals surface area contributed by atoms with Gasteiger partial charge in [0.2, 0.25) is 0 Å². The molecule has 1 amide bonds. The first kappa shape index (κ1) is 18.7. The lowest BCUT2D eigenvalue weighted by Gasteiger charge is -2.39. The van der Waals surface area contributed by atoms with Crippen LogP contribution in [0.3, 0.4) is 0 Å². The quantitative estimate of drug-likeness (QED) is 0.920. The maximum absolute atomic E-state index is 12.2. The zero-order valence-electron chi connectivity index (χ0n) is 15.4. The van der Waals surface area contributed by atoms with Crippen LogP contribution >= 0.6 is 0 Å². The number of rotatable bonds is 4. The smallest absolute Gasteiger partial charge is 0.410 e. The molecule has 1 unspecified atom stereocenters. The molecule has 1 fully saturated rings. The van der Waals surface area contributed by atoms with Crippen molar-refractivity contribution in [2.75, 3.05) is 32.7 Å². The van der Waals surface area contributed by atoms with Crippen molar-refractivity contribution in [2.45, 2.75) is 45.8 Å². The van der Waals surface area contributed by atoms with E-state index < -0.39 is 5.60 Å². The fraction of sp³-hybridized carbons (Fsp3) is 0.632. The molecule has 1 aromatic carbocycles. The van der Waals surface area contributed by atoms with E-state index in [0.717, 1.165) is 19.5 Å². The van der Waals surface area contributed by atoms with Gasteiger partial charge in [0.05, 0.1) is 0 Å². The number of amides is 1. The molecule has 2 N–H and O–H groups in total. The van der Waals surface area contributed by atoms with E-state index in [1.54, 1.807) is 4.90 Å². The Labute approximate surface area is 145 Å². The van der Waals surface area contributed by atoms with Crippen LogP contribution in [0.1, 0.15) is 44.9 Å². The molecule has 0 saturated carbocycles. The summed E-state index contributed by atoms with van der Waals surface area (Å²) < 4.78 is 5.45. The van der Waals surface area contributed by atoms with E-state index in [-0.39, 0.29) is 12.1 Å². The second-order valence-corrected chi connectivity index (χ2v) is 7.35. The van der Waals surface area contributed by atoms with E-state index in [1.807, 2.05) is 20.8 Å². The summed E-state index contributed by atoms with van der Waals surface area (Å²) in [4.78, 5) is 16.3. The van der Waals surface area contributed by atoms with Crippen molar-refractivity contribution in [3.8, 4) is 0 Å². The predicted molar refractivity (Wildman–Crippen MR) is 97.0 cm³/mol. The number of nitrogens with two attached hydrogens (primary N) is 1. The van der Waals surface area contributed by atoms with E-state index in [9.17, 15) is 4.79 Å². The van der Waals surface area contributed by atoms with Crippen molar-refractivity contribution in [3.05, 3.63) is 35.4 Å². The van der Waals surface area contributed by atoms with E-state index in [4.69, 9.17) is 10.5 Å². The Balaban J connectivity index is 1.95. The molecule has 0 radical (unpaired) electrons. The maximum Gasteiger partial charge on any atom is 0.410 e. The number of piperazine rings is 1. The van der Waals surface area contributed by atoms with Crippen molar-refractivity contribution in [1.82, 2.24) is 9.80 Å². The number of nitrogens with zero attached hydrogens (tertiary/aromatic N) is 2. The molecule has 5 heteroatoms. The van der Waals surface area contributed by atoms with E-state index in [0.29, 0.717) is 19.6 Å². The van der Waals surface area contributed by atoms with Crippen molar-refractivity contribution in [3.63, 3.8) is 0 Å². The van der Waals surface area contributed by atoms with Crippen LogP contribution < -0.4 is 5.73 Å². The molecule has 0 bridgehead atoms. The highest BCUT2D eigenvalue weighted by Crippen LogP contribution is 2.22. The average molecular weight is 333 g/mol. The van der Waals surface area contributed by atoms with Gasteiger partial charge in [0.25, 0.3) is 0 Å². The first-order valence-electron chi connectivity index (χ1n) is 8.85. The summed E-state index contributed by atoms with van der Waals surface area (Å²) in [6.07, 6.45) is 0.820. The molecule has 134 valence electrons. The van der Waals surface area contributed by atoms with Crippen LogP contribution in [0.4, 0.5) is 4.79 Å². The number of carbonyl (C=O) groups is 1. The van der Waals surface area contributed by atoms with Gasteiger partial charge >= 0.3 is 6.09 Å². The van der Waals surface area contributed by atoms with Crippen LogP contribution in [0.15, 0.2) is 24.3 Å². The molecule has 1 heterocycles. The average Bonchev–Trinajstić information content (AvgIpc) is 2.55. The second-order valence-electron chi connectivity index (χ2n) is 7.35. The standard InChI is InChI=1S/C19H31N3O2/c1-5-15-6-8-16(9-7-15)17(14-20)21-10-12-22(13-11-21)18(23)24-19(2,3)4/h6-9,17H,5,10-14,20H2,1-4H3. The minimum atomic E-state index is -0.449. The largest absolute Gasteiger partial charge is 0.444 e. The lowest BCUT2D eigenvalue weighted by atomic mass is 10.0. The van der Waals surface area contributed by atoms with Crippen LogP contribution in [0.2, 0.25) is 0 Å². The molecule has 1 saturated heterocycles. The summed E-state index contributed by atoms with van der Waals surface area (Å²) in [5.41, 5.74) is 8.18. The Morgan fingerprint density at radius 3 is 2.21 bits per heavy atom. The Morgan fingerprint density at radius 1 is 1.17 bits per heavy atom. The summed E-state index contributed by atoms with van der Waals surface area (Å²) in [6.45, 7) is 11.4. The molecule has 24 heavy (non-hydrogen) atoms. The molecule has 5 nitrogen and oxygen atoms in total. The second kappa shape index (κ2) is 7.99. The van der Waals surface area contributed by atoms with Crippen molar-refractivity contribution in [1.29, 1.82) is 0 Å². The van der Waals surface area contributed by atoms with Gasteiger partial charge in [0.15, 0.2) is 0 Å². The number of aryl methyl sites for hydroxylation is 1. The fourth-order valence-electron chi connectivity index (χ4n) is 3.01. The van der Waals surface area contributed by atoms with Gasteiger partial charge in [-0.15, -0.1) is 0 Å². The van der Waals surface area contributed by atoms with Gasteiger partial charge in [0.1, 0.15) is 5.60 Å². The number of hydrogen-bond donors (Lipinski definition) is 1. The molecule has 1 aliphatic heterocycles. The third-order valence-corrected chi connectivity index (χ3v) is 4.40.